The molecule has 1 aromatic carbocycles. The first kappa shape index (κ1) is 23.0. The summed E-state index contributed by atoms with van der Waals surface area (Å²) in [5.74, 6) is -0.0859. The molecule has 1 aromatic heterocycles. The van der Waals surface area contributed by atoms with E-state index in [0.29, 0.717) is 12.1 Å². The van der Waals surface area contributed by atoms with E-state index in [9.17, 15) is 9.59 Å². The lowest BCUT2D eigenvalue weighted by molar-refractivity contribution is -0.136. The smallest absolute Gasteiger partial charge is 0.307 e. The van der Waals surface area contributed by atoms with Gasteiger partial charge >= 0.3 is 5.97 Å². The van der Waals surface area contributed by atoms with Crippen LogP contribution in [0.5, 0.6) is 0 Å². The number of carbonyl (C=O) groups excluding carboxylic acids is 1. The average Bonchev–Trinajstić information content (AvgIpc) is 2.99. The number of hydrogen-bond donors (Lipinski definition) is 2. The number of amides is 1. The number of aromatic nitrogens is 2. The zero-order valence-corrected chi connectivity index (χ0v) is 18.9. The number of benzene rings is 1. The topological polar surface area (TPSA) is 84.2 Å². The van der Waals surface area contributed by atoms with Gasteiger partial charge in [-0.05, 0) is 23.3 Å². The molecule has 0 aliphatic rings. The number of nitrogens with one attached hydrogen (secondary N) is 1. The summed E-state index contributed by atoms with van der Waals surface area (Å²) in [5.41, 5.74) is 3.23. The molecule has 0 bridgehead atoms. The Balaban J connectivity index is 2.26. The number of aliphatic carboxylic acids is 1. The fraction of sp³-hybridized carbons (Fsp3) is 0.500. The number of nitrogens with zero attached hydrogens (tertiary/aromatic N) is 2. The predicted molar refractivity (Wildman–Crippen MR) is 118 cm³/mol. The summed E-state index contributed by atoms with van der Waals surface area (Å²) in [7, 11) is 0. The molecule has 0 aliphatic carbocycles. The number of carboxylic acid groups (broad SMARTS) is 1. The predicted octanol–water partition coefficient (Wildman–Crippen LogP) is 4.57. The molecule has 0 radical (unpaired) electrons. The van der Waals surface area contributed by atoms with Gasteiger partial charge in [-0.1, -0.05) is 47.6 Å². The van der Waals surface area contributed by atoms with Crippen LogP contribution in [0.2, 0.25) is 0 Å². The number of hydrogen-bond acceptors (Lipinski definition) is 4. The minimum absolute atomic E-state index is 0.0231. The van der Waals surface area contributed by atoms with Crippen molar-refractivity contribution < 1.29 is 14.7 Å². The Bertz CT molecular complexity index is 876. The number of carboxylic acids is 1. The van der Waals surface area contributed by atoms with Crippen LogP contribution in [0.1, 0.15) is 58.2 Å². The standard InChI is InChI=1S/C22H31N3O3S/c1-21(2,3)20(28)24-18-8-7-16(17(10-18)14-29-22(4,5)6)13-25-12-15(11-23-25)9-19(26)27/h7-8,10-12H,9,13-14H2,1-6H3,(H,24,28)(H,26,27). The molecule has 0 unspecified atom stereocenters. The van der Waals surface area contributed by atoms with Gasteiger partial charge < -0.3 is 10.4 Å². The van der Waals surface area contributed by atoms with Crippen molar-refractivity contribution in [2.75, 3.05) is 5.32 Å². The van der Waals surface area contributed by atoms with E-state index in [-0.39, 0.29) is 17.1 Å². The molecule has 2 N–H and O–H groups in total. The highest BCUT2D eigenvalue weighted by Crippen LogP contribution is 2.30. The van der Waals surface area contributed by atoms with E-state index in [0.717, 1.165) is 22.6 Å². The lowest BCUT2D eigenvalue weighted by Gasteiger charge is -2.21. The number of carbonyl (C=O) groups is 2. The van der Waals surface area contributed by atoms with E-state index < -0.39 is 11.4 Å². The van der Waals surface area contributed by atoms with Gasteiger partial charge in [-0.2, -0.15) is 16.9 Å². The minimum atomic E-state index is -0.870. The maximum Gasteiger partial charge on any atom is 0.307 e. The largest absolute Gasteiger partial charge is 0.481 e. The normalized spacial score (nSPS) is 12.1. The highest BCUT2D eigenvalue weighted by Gasteiger charge is 2.21. The maximum atomic E-state index is 12.4. The number of thioether (sulfide) groups is 1. The Hall–Kier alpha value is -2.28. The zero-order valence-electron chi connectivity index (χ0n) is 18.1. The Kier molecular flexibility index (Phi) is 7.16. The molecule has 29 heavy (non-hydrogen) atoms. The molecule has 7 heteroatoms. The van der Waals surface area contributed by atoms with Crippen LogP contribution in [-0.2, 0) is 28.3 Å². The molecule has 0 spiro atoms. The first-order valence-electron chi connectivity index (χ1n) is 9.64. The Morgan fingerprint density at radius 2 is 1.83 bits per heavy atom. The third kappa shape index (κ3) is 7.57. The lowest BCUT2D eigenvalue weighted by Crippen LogP contribution is -2.27. The van der Waals surface area contributed by atoms with Gasteiger partial charge in [-0.15, -0.1) is 0 Å². The van der Waals surface area contributed by atoms with Gasteiger partial charge in [0.15, 0.2) is 0 Å². The summed E-state index contributed by atoms with van der Waals surface area (Å²) < 4.78 is 1.87. The fourth-order valence-corrected chi connectivity index (χ4v) is 3.40. The molecule has 0 saturated heterocycles. The molecule has 2 aromatic rings. The second-order valence-electron chi connectivity index (χ2n) is 9.21. The van der Waals surface area contributed by atoms with Gasteiger partial charge in [-0.3, -0.25) is 14.3 Å². The summed E-state index contributed by atoms with van der Waals surface area (Å²) in [6.07, 6.45) is 3.32. The molecule has 1 heterocycles. The van der Waals surface area contributed by atoms with Crippen molar-refractivity contribution in [3.63, 3.8) is 0 Å². The van der Waals surface area contributed by atoms with Crippen LogP contribution in [0.4, 0.5) is 5.69 Å². The summed E-state index contributed by atoms with van der Waals surface area (Å²) in [4.78, 5) is 23.2. The van der Waals surface area contributed by atoms with E-state index in [4.69, 9.17) is 5.11 Å². The first-order valence-corrected chi connectivity index (χ1v) is 10.6. The SMILES string of the molecule is CC(C)(C)SCc1cc(NC(=O)C(C)(C)C)ccc1Cn1cc(CC(=O)O)cn1. The van der Waals surface area contributed by atoms with Crippen molar-refractivity contribution in [3.05, 3.63) is 47.3 Å². The molecule has 2 rings (SSSR count). The van der Waals surface area contributed by atoms with Gasteiger partial charge in [0, 0.05) is 33.4 Å². The lowest BCUT2D eigenvalue weighted by atomic mass is 9.95. The highest BCUT2D eigenvalue weighted by molar-refractivity contribution is 7.99. The van der Waals surface area contributed by atoms with Gasteiger partial charge in [0.05, 0.1) is 19.2 Å². The monoisotopic (exact) mass is 417 g/mol. The Morgan fingerprint density at radius 1 is 1.14 bits per heavy atom. The summed E-state index contributed by atoms with van der Waals surface area (Å²) in [6.45, 7) is 12.7. The van der Waals surface area contributed by atoms with Crippen LogP contribution in [0.15, 0.2) is 30.6 Å². The number of anilines is 1. The van der Waals surface area contributed by atoms with Crippen molar-refractivity contribution in [1.29, 1.82) is 0 Å². The van der Waals surface area contributed by atoms with Gasteiger partial charge in [0.2, 0.25) is 5.91 Å². The van der Waals surface area contributed by atoms with Crippen LogP contribution in [0.3, 0.4) is 0 Å². The van der Waals surface area contributed by atoms with Crippen molar-refractivity contribution in [3.8, 4) is 0 Å². The second-order valence-corrected chi connectivity index (χ2v) is 11.0. The maximum absolute atomic E-state index is 12.4. The van der Waals surface area contributed by atoms with Gasteiger partial charge in [0.1, 0.15) is 0 Å². The Labute approximate surface area is 177 Å². The quantitative estimate of drug-likeness (QED) is 0.689. The third-order valence-electron chi connectivity index (χ3n) is 4.18. The minimum Gasteiger partial charge on any atom is -0.481 e. The van der Waals surface area contributed by atoms with E-state index in [1.54, 1.807) is 17.1 Å². The van der Waals surface area contributed by atoms with Crippen molar-refractivity contribution in [2.45, 2.75) is 65.0 Å². The van der Waals surface area contributed by atoms with Crippen LogP contribution in [0.25, 0.3) is 0 Å². The molecule has 158 valence electrons. The third-order valence-corrected chi connectivity index (χ3v) is 5.50. The first-order chi connectivity index (χ1) is 13.3. The zero-order chi connectivity index (χ0) is 21.8. The summed E-state index contributed by atoms with van der Waals surface area (Å²) >= 11 is 1.84. The van der Waals surface area contributed by atoms with Crippen molar-refractivity contribution >= 4 is 29.3 Å². The molecule has 1 amide bonds. The Morgan fingerprint density at radius 3 is 2.41 bits per heavy atom. The summed E-state index contributed by atoms with van der Waals surface area (Å²) in [5, 5.41) is 16.2. The van der Waals surface area contributed by atoms with Crippen LogP contribution < -0.4 is 5.32 Å². The van der Waals surface area contributed by atoms with Crippen LogP contribution >= 0.6 is 11.8 Å². The van der Waals surface area contributed by atoms with Gasteiger partial charge in [0.25, 0.3) is 0 Å². The molecule has 0 saturated carbocycles. The molecular formula is C22H31N3O3S. The highest BCUT2D eigenvalue weighted by atomic mass is 32.2. The molecule has 0 fully saturated rings. The van der Waals surface area contributed by atoms with E-state index in [1.165, 1.54) is 0 Å². The second kappa shape index (κ2) is 9.03. The van der Waals surface area contributed by atoms with Crippen molar-refractivity contribution in [1.82, 2.24) is 9.78 Å². The van der Waals surface area contributed by atoms with Gasteiger partial charge in [-0.25, -0.2) is 0 Å². The van der Waals surface area contributed by atoms with Crippen LogP contribution in [-0.4, -0.2) is 31.5 Å². The molecule has 6 nitrogen and oxygen atoms in total. The van der Waals surface area contributed by atoms with Crippen LogP contribution in [0, 0.1) is 5.41 Å². The molecule has 0 aliphatic heterocycles. The average molecular weight is 418 g/mol. The van der Waals surface area contributed by atoms with Crippen molar-refractivity contribution in [2.24, 2.45) is 5.41 Å². The van der Waals surface area contributed by atoms with E-state index in [2.05, 4.69) is 31.2 Å². The van der Waals surface area contributed by atoms with E-state index in [1.807, 2.05) is 50.7 Å². The number of rotatable bonds is 7. The molecule has 0 atom stereocenters. The molecular weight excluding hydrogens is 386 g/mol. The summed E-state index contributed by atoms with van der Waals surface area (Å²) in [6, 6.07) is 5.95. The fourth-order valence-electron chi connectivity index (χ4n) is 2.54. The van der Waals surface area contributed by atoms with E-state index >= 15 is 0 Å².